The van der Waals surface area contributed by atoms with Crippen LogP contribution in [-0.2, 0) is 16.1 Å². The monoisotopic (exact) mass is 424 g/mol. The first-order valence-electron chi connectivity index (χ1n) is 9.62. The minimum absolute atomic E-state index is 0.274. The zero-order valence-corrected chi connectivity index (χ0v) is 17.5. The number of fused-ring (bicyclic) bond motifs is 1. The Morgan fingerprint density at radius 3 is 2.77 bits per heavy atom. The number of nitrogens with zero attached hydrogens (tertiary/aromatic N) is 2. The number of ether oxygens (including phenoxy) is 2. The summed E-state index contributed by atoms with van der Waals surface area (Å²) in [6, 6.07) is 13.6. The van der Waals surface area contributed by atoms with Gasteiger partial charge in [-0.3, -0.25) is 0 Å². The maximum atomic E-state index is 13.3. The second-order valence-corrected chi connectivity index (χ2v) is 7.69. The van der Waals surface area contributed by atoms with Crippen LogP contribution in [0.2, 0.25) is 0 Å². The van der Waals surface area contributed by atoms with Crippen molar-refractivity contribution in [3.63, 3.8) is 0 Å². The van der Waals surface area contributed by atoms with E-state index in [4.69, 9.17) is 9.47 Å². The molecule has 0 saturated heterocycles. The Morgan fingerprint density at radius 2 is 2.03 bits per heavy atom. The van der Waals surface area contributed by atoms with Crippen molar-refractivity contribution in [3.8, 4) is 5.75 Å². The summed E-state index contributed by atoms with van der Waals surface area (Å²) in [6.07, 6.45) is 1.92. The normalized spacial score (nSPS) is 17.6. The van der Waals surface area contributed by atoms with Gasteiger partial charge in [-0.25, -0.2) is 14.2 Å². The van der Waals surface area contributed by atoms with Crippen LogP contribution in [-0.4, -0.2) is 22.6 Å². The van der Waals surface area contributed by atoms with Crippen molar-refractivity contribution < 1.29 is 18.7 Å². The zero-order chi connectivity index (χ0) is 21.1. The Balaban J connectivity index is 1.57. The number of halogens is 1. The van der Waals surface area contributed by atoms with E-state index < -0.39 is 0 Å². The van der Waals surface area contributed by atoms with Crippen LogP contribution < -0.4 is 4.74 Å². The van der Waals surface area contributed by atoms with Gasteiger partial charge < -0.3 is 14.4 Å². The molecule has 2 heterocycles. The van der Waals surface area contributed by atoms with Crippen LogP contribution in [0.3, 0.4) is 0 Å². The Morgan fingerprint density at radius 1 is 1.23 bits per heavy atom. The minimum atomic E-state index is -0.362. The molecule has 0 fully saturated rings. The fraction of sp³-hybridized carbons (Fsp3) is 0.217. The quantitative estimate of drug-likeness (QED) is 0.599. The van der Waals surface area contributed by atoms with Crippen LogP contribution in [0.15, 0.2) is 76.4 Å². The molecule has 2 aliphatic rings. The van der Waals surface area contributed by atoms with Crippen molar-refractivity contribution in [1.29, 1.82) is 0 Å². The van der Waals surface area contributed by atoms with Gasteiger partial charge in [-0.15, -0.1) is 0 Å². The molecule has 0 amide bonds. The van der Waals surface area contributed by atoms with Crippen molar-refractivity contribution in [2.24, 2.45) is 4.99 Å². The lowest BCUT2D eigenvalue weighted by molar-refractivity contribution is -0.139. The van der Waals surface area contributed by atoms with Gasteiger partial charge in [0.25, 0.3) is 0 Å². The molecule has 5 nitrogen and oxygen atoms in total. The number of carbonyl (C=O) groups is 1. The minimum Gasteiger partial charge on any atom is -0.489 e. The van der Waals surface area contributed by atoms with Gasteiger partial charge in [0.1, 0.15) is 18.2 Å². The molecule has 154 valence electrons. The first-order valence-corrected chi connectivity index (χ1v) is 10.5. The molecule has 4 rings (SSSR count). The van der Waals surface area contributed by atoms with Crippen LogP contribution in [0.5, 0.6) is 5.75 Å². The van der Waals surface area contributed by atoms with Crippen LogP contribution in [0.4, 0.5) is 4.39 Å². The molecule has 0 spiro atoms. The second kappa shape index (κ2) is 8.75. The van der Waals surface area contributed by atoms with E-state index >= 15 is 0 Å². The summed E-state index contributed by atoms with van der Waals surface area (Å²) in [6.45, 7) is 4.20. The van der Waals surface area contributed by atoms with E-state index in [1.807, 2.05) is 53.8 Å². The van der Waals surface area contributed by atoms with Crippen molar-refractivity contribution >= 4 is 22.9 Å². The summed E-state index contributed by atoms with van der Waals surface area (Å²) in [4.78, 5) is 19.2. The van der Waals surface area contributed by atoms with E-state index in [0.29, 0.717) is 23.6 Å². The van der Waals surface area contributed by atoms with Crippen molar-refractivity contribution in [2.75, 3.05) is 6.61 Å². The van der Waals surface area contributed by atoms with E-state index in [1.54, 1.807) is 13.0 Å². The van der Waals surface area contributed by atoms with E-state index in [1.165, 1.54) is 23.9 Å². The van der Waals surface area contributed by atoms with Crippen molar-refractivity contribution in [3.05, 3.63) is 88.4 Å². The van der Waals surface area contributed by atoms with Crippen LogP contribution in [0.1, 0.15) is 31.0 Å². The highest BCUT2D eigenvalue weighted by molar-refractivity contribution is 8.16. The van der Waals surface area contributed by atoms with E-state index in [9.17, 15) is 9.18 Å². The van der Waals surface area contributed by atoms with Crippen LogP contribution >= 0.6 is 11.8 Å². The van der Waals surface area contributed by atoms with E-state index in [-0.39, 0.29) is 24.4 Å². The highest BCUT2D eigenvalue weighted by Crippen LogP contribution is 2.41. The van der Waals surface area contributed by atoms with Gasteiger partial charge in [0, 0.05) is 6.20 Å². The molecule has 1 unspecified atom stereocenters. The predicted octanol–water partition coefficient (Wildman–Crippen LogP) is 5.17. The van der Waals surface area contributed by atoms with Crippen molar-refractivity contribution in [1.82, 2.24) is 4.90 Å². The van der Waals surface area contributed by atoms with Gasteiger partial charge in [0.05, 0.1) is 23.9 Å². The highest BCUT2D eigenvalue weighted by Gasteiger charge is 2.37. The van der Waals surface area contributed by atoms with E-state index in [2.05, 4.69) is 4.99 Å². The molecule has 0 bridgehead atoms. The standard InChI is InChI=1S/C23H21FN2O3S/c1-3-28-22(27)20-15(2)25-23-26(11-12-30-23)21(20)17-7-9-19(10-8-17)29-14-16-5-4-6-18(24)13-16/h4-13,21H,3,14H2,1-2H3. The number of esters is 1. The summed E-state index contributed by atoms with van der Waals surface area (Å²) in [7, 11) is 0. The Labute approximate surface area is 178 Å². The summed E-state index contributed by atoms with van der Waals surface area (Å²) in [5.41, 5.74) is 2.87. The predicted molar refractivity (Wildman–Crippen MR) is 115 cm³/mol. The highest BCUT2D eigenvalue weighted by atomic mass is 32.2. The third kappa shape index (κ3) is 4.11. The summed E-state index contributed by atoms with van der Waals surface area (Å²) in [5.74, 6) is 0.0170. The maximum Gasteiger partial charge on any atom is 0.338 e. The third-order valence-electron chi connectivity index (χ3n) is 4.81. The van der Waals surface area contributed by atoms with E-state index in [0.717, 1.165) is 16.3 Å². The molecular weight excluding hydrogens is 403 g/mol. The molecular formula is C23H21FN2O3S. The number of hydrogen-bond donors (Lipinski definition) is 0. The number of hydrogen-bond acceptors (Lipinski definition) is 6. The lowest BCUT2D eigenvalue weighted by atomic mass is 9.95. The number of thioether (sulfide) groups is 1. The largest absolute Gasteiger partial charge is 0.489 e. The Hall–Kier alpha value is -3.06. The lowest BCUT2D eigenvalue weighted by Gasteiger charge is -2.33. The average Bonchev–Trinajstić information content (AvgIpc) is 3.20. The van der Waals surface area contributed by atoms with Crippen molar-refractivity contribution in [2.45, 2.75) is 26.5 Å². The number of aliphatic imine (C=N–C) groups is 1. The smallest absolute Gasteiger partial charge is 0.338 e. The van der Waals surface area contributed by atoms with Gasteiger partial charge in [-0.05, 0) is 54.6 Å². The first-order chi connectivity index (χ1) is 14.6. The molecule has 2 aromatic carbocycles. The zero-order valence-electron chi connectivity index (χ0n) is 16.7. The topological polar surface area (TPSA) is 51.1 Å². The Bertz CT molecular complexity index is 1050. The third-order valence-corrected chi connectivity index (χ3v) is 5.58. The van der Waals surface area contributed by atoms with Crippen LogP contribution in [0.25, 0.3) is 0 Å². The summed E-state index contributed by atoms with van der Waals surface area (Å²) in [5, 5.41) is 2.78. The Kier molecular flexibility index (Phi) is 5.90. The molecule has 7 heteroatoms. The van der Waals surface area contributed by atoms with Gasteiger partial charge in [0.15, 0.2) is 5.17 Å². The molecule has 0 saturated carbocycles. The summed E-state index contributed by atoms with van der Waals surface area (Å²) >= 11 is 1.52. The first kappa shape index (κ1) is 20.2. The fourth-order valence-electron chi connectivity index (χ4n) is 3.44. The SMILES string of the molecule is CCOC(=O)C1=C(C)N=C2SC=CN2C1c1ccc(OCc2cccc(F)c2)cc1. The second-order valence-electron chi connectivity index (χ2n) is 6.81. The summed E-state index contributed by atoms with van der Waals surface area (Å²) < 4.78 is 24.4. The molecule has 30 heavy (non-hydrogen) atoms. The fourth-order valence-corrected chi connectivity index (χ4v) is 4.23. The van der Waals surface area contributed by atoms with Gasteiger partial charge in [-0.1, -0.05) is 36.0 Å². The molecule has 0 N–H and O–H groups in total. The number of amidine groups is 1. The number of carbonyl (C=O) groups excluding carboxylic acids is 1. The average molecular weight is 424 g/mol. The molecule has 1 atom stereocenters. The molecule has 2 aromatic rings. The number of rotatable bonds is 6. The molecule has 0 aromatic heterocycles. The maximum absolute atomic E-state index is 13.3. The number of allylic oxidation sites excluding steroid dienone is 1. The van der Waals surface area contributed by atoms with Gasteiger partial charge >= 0.3 is 5.97 Å². The lowest BCUT2D eigenvalue weighted by Crippen LogP contribution is -2.34. The molecule has 0 aliphatic carbocycles. The number of benzene rings is 2. The van der Waals surface area contributed by atoms with Crippen LogP contribution in [0, 0.1) is 5.82 Å². The molecule has 2 aliphatic heterocycles. The molecule has 0 radical (unpaired) electrons. The van der Waals surface area contributed by atoms with Gasteiger partial charge in [-0.2, -0.15) is 0 Å². The van der Waals surface area contributed by atoms with Gasteiger partial charge in [0.2, 0.25) is 0 Å².